The lowest BCUT2D eigenvalue weighted by molar-refractivity contribution is 0.170. The number of nitrogens with two attached hydrogens (primary N) is 1. The highest BCUT2D eigenvalue weighted by Gasteiger charge is 2.16. The maximum atomic E-state index is 5.76. The molecule has 0 bridgehead atoms. The first-order valence-electron chi connectivity index (χ1n) is 5.94. The van der Waals surface area contributed by atoms with E-state index < -0.39 is 0 Å². The molecule has 18 heavy (non-hydrogen) atoms. The van der Waals surface area contributed by atoms with Crippen molar-refractivity contribution in [3.63, 3.8) is 0 Å². The van der Waals surface area contributed by atoms with Gasteiger partial charge in [0.2, 0.25) is 0 Å². The molecule has 6 heteroatoms. The highest BCUT2D eigenvalue weighted by molar-refractivity contribution is 5.47. The third-order valence-electron chi connectivity index (χ3n) is 2.61. The Labute approximate surface area is 108 Å². The van der Waals surface area contributed by atoms with Gasteiger partial charge < -0.3 is 20.1 Å². The Morgan fingerprint density at radius 1 is 1.33 bits per heavy atom. The summed E-state index contributed by atoms with van der Waals surface area (Å²) < 4.78 is 10.3. The number of aryl methyl sites for hydroxylation is 1. The lowest BCUT2D eigenvalue weighted by atomic mass is 10.3. The van der Waals surface area contributed by atoms with Crippen molar-refractivity contribution < 1.29 is 9.47 Å². The summed E-state index contributed by atoms with van der Waals surface area (Å²) in [5, 5.41) is 0. The van der Waals surface area contributed by atoms with Crippen molar-refractivity contribution in [3.05, 3.63) is 11.9 Å². The molecule has 6 nitrogen and oxygen atoms in total. The number of hydrogen-bond acceptors (Lipinski definition) is 6. The number of nitrogens with zero attached hydrogens (tertiary/aromatic N) is 3. The number of ether oxygens (including phenoxy) is 2. The summed E-state index contributed by atoms with van der Waals surface area (Å²) in [4.78, 5) is 10.6. The van der Waals surface area contributed by atoms with Crippen LogP contribution in [-0.4, -0.2) is 50.0 Å². The van der Waals surface area contributed by atoms with Crippen LogP contribution in [-0.2, 0) is 9.47 Å². The van der Waals surface area contributed by atoms with Crippen LogP contribution < -0.4 is 10.6 Å². The van der Waals surface area contributed by atoms with E-state index in [-0.39, 0.29) is 6.04 Å². The van der Waals surface area contributed by atoms with Gasteiger partial charge in [0.05, 0.1) is 19.3 Å². The van der Waals surface area contributed by atoms with E-state index in [4.69, 9.17) is 15.2 Å². The number of methoxy groups -OCH3 is 2. The van der Waals surface area contributed by atoms with Crippen molar-refractivity contribution in [2.75, 3.05) is 44.6 Å². The van der Waals surface area contributed by atoms with Crippen LogP contribution in [0.2, 0.25) is 0 Å². The van der Waals surface area contributed by atoms with E-state index in [0.29, 0.717) is 24.9 Å². The molecule has 102 valence electrons. The Hall–Kier alpha value is -1.40. The maximum Gasteiger partial charge on any atom is 0.134 e. The van der Waals surface area contributed by atoms with E-state index in [1.165, 1.54) is 0 Å². The Balaban J connectivity index is 2.92. The molecular weight excluding hydrogens is 232 g/mol. The summed E-state index contributed by atoms with van der Waals surface area (Å²) in [5.41, 5.74) is 5.76. The third-order valence-corrected chi connectivity index (χ3v) is 2.61. The van der Waals surface area contributed by atoms with Crippen molar-refractivity contribution in [3.8, 4) is 0 Å². The van der Waals surface area contributed by atoms with Gasteiger partial charge in [-0.05, 0) is 13.8 Å². The molecule has 1 aromatic rings. The normalized spacial score (nSPS) is 12.4. The van der Waals surface area contributed by atoms with Gasteiger partial charge in [0.25, 0.3) is 0 Å². The summed E-state index contributed by atoms with van der Waals surface area (Å²) in [6.07, 6.45) is 0. The molecule has 0 aliphatic heterocycles. The summed E-state index contributed by atoms with van der Waals surface area (Å²) in [7, 11) is 3.36. The van der Waals surface area contributed by atoms with Gasteiger partial charge in [0.1, 0.15) is 17.5 Å². The van der Waals surface area contributed by atoms with Crippen LogP contribution in [0.1, 0.15) is 12.7 Å². The van der Waals surface area contributed by atoms with Crippen molar-refractivity contribution in [2.45, 2.75) is 19.9 Å². The highest BCUT2D eigenvalue weighted by atomic mass is 16.5. The minimum atomic E-state index is 0.193. The summed E-state index contributed by atoms with van der Waals surface area (Å²) >= 11 is 0. The highest BCUT2D eigenvalue weighted by Crippen LogP contribution is 2.16. The SMILES string of the molecule is COCCN(c1cc(N)nc(C)n1)C(C)COC. The smallest absolute Gasteiger partial charge is 0.134 e. The lowest BCUT2D eigenvalue weighted by Gasteiger charge is -2.29. The zero-order valence-corrected chi connectivity index (χ0v) is 11.5. The average Bonchev–Trinajstić information content (AvgIpc) is 2.28. The maximum absolute atomic E-state index is 5.76. The quantitative estimate of drug-likeness (QED) is 0.778. The minimum absolute atomic E-state index is 0.193. The predicted molar refractivity (Wildman–Crippen MR) is 71.7 cm³/mol. The Morgan fingerprint density at radius 3 is 2.61 bits per heavy atom. The molecule has 2 N–H and O–H groups in total. The molecule has 0 aliphatic carbocycles. The van der Waals surface area contributed by atoms with Gasteiger partial charge in [0.15, 0.2) is 0 Å². The largest absolute Gasteiger partial charge is 0.384 e. The van der Waals surface area contributed by atoms with Gasteiger partial charge in [-0.25, -0.2) is 9.97 Å². The van der Waals surface area contributed by atoms with Crippen LogP contribution in [0.15, 0.2) is 6.07 Å². The van der Waals surface area contributed by atoms with Crippen molar-refractivity contribution >= 4 is 11.6 Å². The topological polar surface area (TPSA) is 73.5 Å². The molecule has 0 fully saturated rings. The van der Waals surface area contributed by atoms with E-state index in [1.54, 1.807) is 20.3 Å². The van der Waals surface area contributed by atoms with Crippen LogP contribution in [0.4, 0.5) is 11.6 Å². The van der Waals surface area contributed by atoms with E-state index in [9.17, 15) is 0 Å². The number of rotatable bonds is 7. The van der Waals surface area contributed by atoms with Crippen molar-refractivity contribution in [2.24, 2.45) is 0 Å². The van der Waals surface area contributed by atoms with Gasteiger partial charge in [-0.1, -0.05) is 0 Å². The minimum Gasteiger partial charge on any atom is -0.384 e. The van der Waals surface area contributed by atoms with E-state index >= 15 is 0 Å². The molecule has 1 atom stereocenters. The number of aromatic nitrogens is 2. The molecule has 1 unspecified atom stereocenters. The van der Waals surface area contributed by atoms with Gasteiger partial charge in [-0.2, -0.15) is 0 Å². The van der Waals surface area contributed by atoms with Crippen LogP contribution in [0.5, 0.6) is 0 Å². The fraction of sp³-hybridized carbons (Fsp3) is 0.667. The first kappa shape index (κ1) is 14.7. The summed E-state index contributed by atoms with van der Waals surface area (Å²) in [5.74, 6) is 1.95. The monoisotopic (exact) mass is 254 g/mol. The third kappa shape index (κ3) is 4.12. The van der Waals surface area contributed by atoms with Crippen LogP contribution in [0.3, 0.4) is 0 Å². The van der Waals surface area contributed by atoms with Gasteiger partial charge in [-0.15, -0.1) is 0 Å². The molecule has 1 rings (SSSR count). The van der Waals surface area contributed by atoms with E-state index in [2.05, 4.69) is 21.8 Å². The molecule has 0 spiro atoms. The van der Waals surface area contributed by atoms with Gasteiger partial charge in [0, 0.05) is 26.8 Å². The lowest BCUT2D eigenvalue weighted by Crippen LogP contribution is -2.39. The van der Waals surface area contributed by atoms with E-state index in [0.717, 1.165) is 12.4 Å². The fourth-order valence-electron chi connectivity index (χ4n) is 1.80. The second-order valence-electron chi connectivity index (χ2n) is 4.19. The molecule has 1 aromatic heterocycles. The molecule has 1 heterocycles. The van der Waals surface area contributed by atoms with Crippen LogP contribution >= 0.6 is 0 Å². The van der Waals surface area contributed by atoms with Crippen molar-refractivity contribution in [1.82, 2.24) is 9.97 Å². The number of anilines is 2. The molecule has 0 amide bonds. The fourth-order valence-corrected chi connectivity index (χ4v) is 1.80. The van der Waals surface area contributed by atoms with Crippen LogP contribution in [0, 0.1) is 6.92 Å². The molecule has 0 aromatic carbocycles. The molecule has 0 saturated heterocycles. The Bertz CT molecular complexity index is 353. The average molecular weight is 254 g/mol. The van der Waals surface area contributed by atoms with Gasteiger partial charge in [-0.3, -0.25) is 0 Å². The molecule has 0 aliphatic rings. The van der Waals surface area contributed by atoms with Crippen LogP contribution in [0.25, 0.3) is 0 Å². The van der Waals surface area contributed by atoms with E-state index in [1.807, 2.05) is 6.92 Å². The zero-order valence-electron chi connectivity index (χ0n) is 11.5. The second-order valence-corrected chi connectivity index (χ2v) is 4.19. The van der Waals surface area contributed by atoms with Gasteiger partial charge >= 0.3 is 0 Å². The molecule has 0 saturated carbocycles. The summed E-state index contributed by atoms with van der Waals surface area (Å²) in [6.45, 7) is 5.88. The Kier molecular flexibility index (Phi) is 5.80. The second kappa shape index (κ2) is 7.13. The molecule has 0 radical (unpaired) electrons. The zero-order chi connectivity index (χ0) is 13.5. The number of hydrogen-bond donors (Lipinski definition) is 1. The predicted octanol–water partition coefficient (Wildman–Crippen LogP) is 0.855. The van der Waals surface area contributed by atoms with Crippen molar-refractivity contribution in [1.29, 1.82) is 0 Å². The molecular formula is C12H22N4O2. The first-order valence-corrected chi connectivity index (χ1v) is 5.94. The standard InChI is InChI=1S/C12H22N4O2/c1-9(8-18-4)16(5-6-17-3)12-7-11(13)14-10(2)15-12/h7,9H,5-6,8H2,1-4H3,(H2,13,14,15). The summed E-state index contributed by atoms with van der Waals surface area (Å²) in [6, 6.07) is 1.97. The first-order chi connectivity index (χ1) is 8.58. The Morgan fingerprint density at radius 2 is 2.06 bits per heavy atom. The number of nitrogen functional groups attached to an aromatic ring is 1.